The van der Waals surface area contributed by atoms with Crippen LogP contribution in [0.1, 0.15) is 30.2 Å². The number of hydrogen-bond acceptors (Lipinski definition) is 6. The van der Waals surface area contributed by atoms with Crippen LogP contribution in [0.4, 0.5) is 5.00 Å². The van der Waals surface area contributed by atoms with Crippen LogP contribution in [0.5, 0.6) is 0 Å². The van der Waals surface area contributed by atoms with Gasteiger partial charge >= 0.3 is 5.00 Å². The second-order valence-electron chi connectivity index (χ2n) is 5.01. The molecule has 0 aliphatic carbocycles. The molecular formula is C13H19N3O4S. The van der Waals surface area contributed by atoms with E-state index in [1.165, 1.54) is 6.07 Å². The second-order valence-corrected chi connectivity index (χ2v) is 6.11. The van der Waals surface area contributed by atoms with Crippen LogP contribution in [0.3, 0.4) is 0 Å². The minimum Gasteiger partial charge on any atom is -0.383 e. The summed E-state index contributed by atoms with van der Waals surface area (Å²) < 4.78 is 5.06. The van der Waals surface area contributed by atoms with E-state index in [4.69, 9.17) is 10.5 Å². The van der Waals surface area contributed by atoms with Gasteiger partial charge in [-0.3, -0.25) is 14.9 Å². The maximum Gasteiger partial charge on any atom is 0.324 e. The monoisotopic (exact) mass is 313 g/mol. The molecule has 2 atom stereocenters. The molecule has 2 N–H and O–H groups in total. The third-order valence-electron chi connectivity index (χ3n) is 3.61. The average Bonchev–Trinajstić information content (AvgIpc) is 2.87. The summed E-state index contributed by atoms with van der Waals surface area (Å²) in [4.78, 5) is 25.2. The number of methoxy groups -OCH3 is 1. The molecule has 0 spiro atoms. The summed E-state index contributed by atoms with van der Waals surface area (Å²) in [5.74, 6) is 0.0288. The fraction of sp³-hybridized carbons (Fsp3) is 0.615. The Bertz CT molecular complexity index is 519. The number of thiophene rings is 1. The van der Waals surface area contributed by atoms with E-state index < -0.39 is 4.92 Å². The van der Waals surface area contributed by atoms with E-state index in [9.17, 15) is 14.9 Å². The number of nitrogens with two attached hydrogens (primary N) is 1. The lowest BCUT2D eigenvalue weighted by molar-refractivity contribution is -0.380. The lowest BCUT2D eigenvalue weighted by Crippen LogP contribution is -2.43. The zero-order valence-electron chi connectivity index (χ0n) is 11.9. The number of carbonyl (C=O) groups excluding carboxylic acids is 1. The Morgan fingerprint density at radius 3 is 2.95 bits per heavy atom. The fourth-order valence-corrected chi connectivity index (χ4v) is 3.61. The molecule has 1 saturated heterocycles. The number of hydrogen-bond donors (Lipinski definition) is 1. The van der Waals surface area contributed by atoms with Crippen molar-refractivity contribution in [3.05, 3.63) is 27.1 Å². The van der Waals surface area contributed by atoms with Gasteiger partial charge in [0, 0.05) is 37.1 Å². The van der Waals surface area contributed by atoms with Gasteiger partial charge in [0.25, 0.3) is 0 Å². The van der Waals surface area contributed by atoms with Gasteiger partial charge in [-0.25, -0.2) is 0 Å². The van der Waals surface area contributed by atoms with Crippen molar-refractivity contribution in [1.82, 2.24) is 4.90 Å². The SMILES string of the molecule is COCCN1C(=O)CCCC(N)C1c1ccc([N+](=O)[O-])s1. The molecule has 0 saturated carbocycles. The third-order valence-corrected chi connectivity index (χ3v) is 4.72. The van der Waals surface area contributed by atoms with E-state index in [2.05, 4.69) is 0 Å². The molecule has 7 nitrogen and oxygen atoms in total. The van der Waals surface area contributed by atoms with Gasteiger partial charge in [-0.05, 0) is 18.9 Å². The molecule has 2 rings (SSSR count). The normalized spacial score (nSPS) is 23.1. The highest BCUT2D eigenvalue weighted by atomic mass is 32.1. The van der Waals surface area contributed by atoms with Crippen LogP contribution < -0.4 is 5.73 Å². The molecule has 0 radical (unpaired) electrons. The third kappa shape index (κ3) is 3.58. The van der Waals surface area contributed by atoms with Crippen LogP contribution in [0.25, 0.3) is 0 Å². The van der Waals surface area contributed by atoms with Gasteiger partial charge in [0.2, 0.25) is 5.91 Å². The second kappa shape index (κ2) is 6.97. The van der Waals surface area contributed by atoms with Crippen molar-refractivity contribution in [2.45, 2.75) is 31.3 Å². The van der Waals surface area contributed by atoms with Crippen molar-refractivity contribution in [2.24, 2.45) is 5.73 Å². The van der Waals surface area contributed by atoms with Crippen LogP contribution in [0.15, 0.2) is 12.1 Å². The standard InChI is InChI=1S/C13H19N3O4S/c1-20-8-7-15-11(17)4-2-3-9(14)13(15)10-5-6-12(21-10)16(18)19/h5-6,9,13H,2-4,7-8,14H2,1H3. The molecule has 116 valence electrons. The quantitative estimate of drug-likeness (QED) is 0.658. The fourth-order valence-electron chi connectivity index (χ4n) is 2.59. The lowest BCUT2D eigenvalue weighted by atomic mass is 10.0. The summed E-state index contributed by atoms with van der Waals surface area (Å²) in [5, 5.41) is 10.9. The summed E-state index contributed by atoms with van der Waals surface area (Å²) in [7, 11) is 1.58. The van der Waals surface area contributed by atoms with Gasteiger partial charge in [0.15, 0.2) is 0 Å². The van der Waals surface area contributed by atoms with Gasteiger partial charge in [-0.2, -0.15) is 0 Å². The largest absolute Gasteiger partial charge is 0.383 e. The summed E-state index contributed by atoms with van der Waals surface area (Å²) >= 11 is 1.09. The molecular weight excluding hydrogens is 294 g/mol. The maximum atomic E-state index is 12.3. The summed E-state index contributed by atoms with van der Waals surface area (Å²) in [6.45, 7) is 0.863. The number of rotatable bonds is 5. The zero-order valence-corrected chi connectivity index (χ0v) is 12.7. The predicted molar refractivity (Wildman–Crippen MR) is 79.1 cm³/mol. The smallest absolute Gasteiger partial charge is 0.324 e. The highest BCUT2D eigenvalue weighted by Crippen LogP contribution is 2.36. The van der Waals surface area contributed by atoms with Crippen molar-refractivity contribution >= 4 is 22.2 Å². The van der Waals surface area contributed by atoms with Crippen LogP contribution in [-0.4, -0.2) is 42.0 Å². The topological polar surface area (TPSA) is 98.7 Å². The number of nitrogens with zero attached hydrogens (tertiary/aromatic N) is 2. The first-order valence-electron chi connectivity index (χ1n) is 6.82. The average molecular weight is 313 g/mol. The Hall–Kier alpha value is -1.51. The molecule has 1 fully saturated rings. The Morgan fingerprint density at radius 1 is 1.57 bits per heavy atom. The highest BCUT2D eigenvalue weighted by molar-refractivity contribution is 7.15. The van der Waals surface area contributed by atoms with Crippen molar-refractivity contribution in [1.29, 1.82) is 0 Å². The van der Waals surface area contributed by atoms with Crippen molar-refractivity contribution in [3.8, 4) is 0 Å². The summed E-state index contributed by atoms with van der Waals surface area (Å²) in [6, 6.07) is 2.64. The molecule has 0 bridgehead atoms. The number of amides is 1. The van der Waals surface area contributed by atoms with E-state index in [0.717, 1.165) is 29.1 Å². The van der Waals surface area contributed by atoms with E-state index in [-0.39, 0.29) is 23.0 Å². The van der Waals surface area contributed by atoms with Crippen molar-refractivity contribution < 1.29 is 14.5 Å². The predicted octanol–water partition coefficient (Wildman–Crippen LogP) is 1.68. The first-order chi connectivity index (χ1) is 10.0. The molecule has 2 heterocycles. The molecule has 1 amide bonds. The summed E-state index contributed by atoms with van der Waals surface area (Å²) in [6.07, 6.45) is 1.93. The van der Waals surface area contributed by atoms with Gasteiger partial charge in [0.1, 0.15) is 0 Å². The molecule has 8 heteroatoms. The van der Waals surface area contributed by atoms with Gasteiger partial charge in [0.05, 0.1) is 17.6 Å². The Kier molecular flexibility index (Phi) is 5.27. The van der Waals surface area contributed by atoms with Crippen LogP contribution in [-0.2, 0) is 9.53 Å². The molecule has 1 aliphatic rings. The molecule has 0 aromatic carbocycles. The summed E-state index contributed by atoms with van der Waals surface area (Å²) in [5.41, 5.74) is 6.22. The molecule has 1 aliphatic heterocycles. The Balaban J connectivity index is 2.31. The number of likely N-dealkylation sites (tertiary alicyclic amines) is 1. The minimum absolute atomic E-state index is 0.0288. The Morgan fingerprint density at radius 2 is 2.33 bits per heavy atom. The first-order valence-corrected chi connectivity index (χ1v) is 7.64. The van der Waals surface area contributed by atoms with Crippen LogP contribution in [0.2, 0.25) is 0 Å². The number of nitro groups is 1. The van der Waals surface area contributed by atoms with E-state index in [1.54, 1.807) is 18.1 Å². The van der Waals surface area contributed by atoms with E-state index in [1.807, 2.05) is 0 Å². The molecule has 2 unspecified atom stereocenters. The van der Waals surface area contributed by atoms with Crippen LogP contribution in [0, 0.1) is 10.1 Å². The lowest BCUT2D eigenvalue weighted by Gasteiger charge is -2.32. The molecule has 1 aromatic rings. The number of carbonyl (C=O) groups is 1. The van der Waals surface area contributed by atoms with E-state index >= 15 is 0 Å². The maximum absolute atomic E-state index is 12.3. The van der Waals surface area contributed by atoms with E-state index in [0.29, 0.717) is 19.6 Å². The van der Waals surface area contributed by atoms with Gasteiger partial charge < -0.3 is 15.4 Å². The Labute approximate surface area is 126 Å². The van der Waals surface area contributed by atoms with Gasteiger partial charge in [-0.1, -0.05) is 11.3 Å². The minimum atomic E-state index is -0.419. The number of ether oxygens (including phenoxy) is 1. The highest BCUT2D eigenvalue weighted by Gasteiger charge is 2.34. The van der Waals surface area contributed by atoms with Crippen LogP contribution >= 0.6 is 11.3 Å². The van der Waals surface area contributed by atoms with Gasteiger partial charge in [-0.15, -0.1) is 0 Å². The van der Waals surface area contributed by atoms with Crippen molar-refractivity contribution in [2.75, 3.05) is 20.3 Å². The van der Waals surface area contributed by atoms with Crippen molar-refractivity contribution in [3.63, 3.8) is 0 Å². The molecule has 21 heavy (non-hydrogen) atoms. The zero-order chi connectivity index (χ0) is 15.4. The molecule has 1 aromatic heterocycles. The first kappa shape index (κ1) is 15.9.